The van der Waals surface area contributed by atoms with Crippen LogP contribution in [0.3, 0.4) is 0 Å². The number of halogens is 1. The average molecular weight is 321 g/mol. The number of nitrogens with one attached hydrogen (secondary N) is 1. The molecule has 0 amide bonds. The molecular weight excluding hydrogens is 313 g/mol. The number of hydrogen-bond donors (Lipinski definition) is 1. The molecular formula is C7H8IN5S. The van der Waals surface area contributed by atoms with Gasteiger partial charge in [-0.15, -0.1) is 10.2 Å². The second-order valence-electron chi connectivity index (χ2n) is 2.61. The van der Waals surface area contributed by atoms with E-state index < -0.39 is 0 Å². The molecule has 2 heterocycles. The predicted octanol–water partition coefficient (Wildman–Crippen LogP) is 1.43. The van der Waals surface area contributed by atoms with Crippen LogP contribution in [-0.2, 0) is 6.54 Å². The molecule has 2 aromatic rings. The third-order valence-electron chi connectivity index (χ3n) is 1.58. The van der Waals surface area contributed by atoms with Gasteiger partial charge < -0.3 is 5.32 Å². The van der Waals surface area contributed by atoms with Gasteiger partial charge in [-0.1, -0.05) is 11.3 Å². The van der Waals surface area contributed by atoms with Crippen molar-refractivity contribution in [3.05, 3.63) is 21.0 Å². The highest BCUT2D eigenvalue weighted by Crippen LogP contribution is 2.15. The summed E-state index contributed by atoms with van der Waals surface area (Å²) in [5, 5.41) is 16.9. The van der Waals surface area contributed by atoms with Crippen LogP contribution in [0, 0.1) is 3.57 Å². The van der Waals surface area contributed by atoms with Gasteiger partial charge in [0.1, 0.15) is 5.01 Å². The average Bonchev–Trinajstić information content (AvgIpc) is 2.76. The van der Waals surface area contributed by atoms with Gasteiger partial charge in [-0.25, -0.2) is 0 Å². The van der Waals surface area contributed by atoms with Crippen molar-refractivity contribution in [3.63, 3.8) is 0 Å². The summed E-state index contributed by atoms with van der Waals surface area (Å²) in [7, 11) is 1.83. The van der Waals surface area contributed by atoms with Gasteiger partial charge in [0.2, 0.25) is 5.13 Å². The van der Waals surface area contributed by atoms with E-state index in [9.17, 15) is 0 Å². The number of nitrogens with zero attached hydrogens (tertiary/aromatic N) is 4. The fourth-order valence-corrected chi connectivity index (χ4v) is 2.11. The second kappa shape index (κ2) is 4.22. The van der Waals surface area contributed by atoms with E-state index in [0.29, 0.717) is 6.54 Å². The minimum absolute atomic E-state index is 0.683. The highest BCUT2D eigenvalue weighted by atomic mass is 127. The Morgan fingerprint density at radius 3 is 3.00 bits per heavy atom. The predicted molar refractivity (Wildman–Crippen MR) is 63.5 cm³/mol. The number of anilines is 1. The van der Waals surface area contributed by atoms with Crippen LogP contribution in [0.15, 0.2) is 12.4 Å². The number of hydrogen-bond acceptors (Lipinski definition) is 5. The summed E-state index contributed by atoms with van der Waals surface area (Å²) >= 11 is 3.77. The normalized spacial score (nSPS) is 10.4. The zero-order valence-corrected chi connectivity index (χ0v) is 10.4. The summed E-state index contributed by atoms with van der Waals surface area (Å²) in [5.74, 6) is 0. The number of aromatic nitrogens is 4. The van der Waals surface area contributed by atoms with E-state index in [1.54, 1.807) is 11.3 Å². The van der Waals surface area contributed by atoms with Gasteiger partial charge >= 0.3 is 0 Å². The maximum Gasteiger partial charge on any atom is 0.205 e. The topological polar surface area (TPSA) is 55.6 Å². The van der Waals surface area contributed by atoms with E-state index >= 15 is 0 Å². The van der Waals surface area contributed by atoms with Crippen molar-refractivity contribution in [1.29, 1.82) is 0 Å². The lowest BCUT2D eigenvalue weighted by atomic mass is 10.7. The molecule has 7 heteroatoms. The van der Waals surface area contributed by atoms with Crippen molar-refractivity contribution in [1.82, 2.24) is 20.0 Å². The molecule has 0 bridgehead atoms. The lowest BCUT2D eigenvalue weighted by molar-refractivity contribution is 0.677. The highest BCUT2D eigenvalue weighted by Gasteiger charge is 2.03. The molecule has 1 N–H and O–H groups in total. The third kappa shape index (κ3) is 2.21. The fraction of sp³-hybridized carbons (Fsp3) is 0.286. The summed E-state index contributed by atoms with van der Waals surface area (Å²) in [5.41, 5.74) is 0. The van der Waals surface area contributed by atoms with E-state index in [4.69, 9.17) is 0 Å². The molecule has 2 aromatic heterocycles. The molecule has 0 aliphatic heterocycles. The zero-order chi connectivity index (χ0) is 9.97. The molecule has 0 radical (unpaired) electrons. The minimum Gasteiger partial charge on any atom is -0.363 e. The Morgan fingerprint density at radius 1 is 1.57 bits per heavy atom. The van der Waals surface area contributed by atoms with Crippen LogP contribution in [0.2, 0.25) is 0 Å². The van der Waals surface area contributed by atoms with Gasteiger partial charge in [-0.05, 0) is 22.6 Å². The molecule has 0 saturated heterocycles. The summed E-state index contributed by atoms with van der Waals surface area (Å²) < 4.78 is 2.97. The molecule has 0 saturated carbocycles. The Morgan fingerprint density at radius 2 is 2.43 bits per heavy atom. The molecule has 0 fully saturated rings. The van der Waals surface area contributed by atoms with Crippen molar-refractivity contribution in [2.45, 2.75) is 6.54 Å². The van der Waals surface area contributed by atoms with Gasteiger partial charge in [0.15, 0.2) is 0 Å². The molecule has 0 spiro atoms. The van der Waals surface area contributed by atoms with Crippen molar-refractivity contribution < 1.29 is 0 Å². The Hall–Kier alpha value is -0.700. The highest BCUT2D eigenvalue weighted by molar-refractivity contribution is 14.1. The van der Waals surface area contributed by atoms with Gasteiger partial charge in [-0.2, -0.15) is 5.10 Å². The SMILES string of the molecule is CNc1nnc(Cn2cc(I)cn2)s1. The molecule has 2 rings (SSSR count). The van der Waals surface area contributed by atoms with Crippen molar-refractivity contribution in [3.8, 4) is 0 Å². The molecule has 14 heavy (non-hydrogen) atoms. The van der Waals surface area contributed by atoms with Gasteiger partial charge in [0.25, 0.3) is 0 Å². The largest absolute Gasteiger partial charge is 0.363 e. The standard InChI is InChI=1S/C7H8IN5S/c1-9-7-12-11-6(14-7)4-13-3-5(8)2-10-13/h2-3H,4H2,1H3,(H,9,12). The van der Waals surface area contributed by atoms with Crippen LogP contribution in [-0.4, -0.2) is 27.0 Å². The van der Waals surface area contributed by atoms with Gasteiger partial charge in [0.05, 0.1) is 16.3 Å². The monoisotopic (exact) mass is 321 g/mol. The van der Waals surface area contributed by atoms with E-state index in [0.717, 1.165) is 13.7 Å². The molecule has 0 aromatic carbocycles. The summed E-state index contributed by atoms with van der Waals surface area (Å²) in [6.45, 7) is 0.683. The Balaban J connectivity index is 2.10. The van der Waals surface area contributed by atoms with Crippen LogP contribution in [0.25, 0.3) is 0 Å². The maximum atomic E-state index is 4.17. The van der Waals surface area contributed by atoms with Crippen LogP contribution in [0.4, 0.5) is 5.13 Å². The summed E-state index contributed by atoms with van der Waals surface area (Å²) in [4.78, 5) is 0. The number of rotatable bonds is 3. The van der Waals surface area contributed by atoms with E-state index in [1.807, 2.05) is 24.1 Å². The van der Waals surface area contributed by atoms with Crippen molar-refractivity contribution in [2.24, 2.45) is 0 Å². The van der Waals surface area contributed by atoms with Crippen molar-refractivity contribution in [2.75, 3.05) is 12.4 Å². The van der Waals surface area contributed by atoms with Crippen molar-refractivity contribution >= 4 is 39.1 Å². The smallest absolute Gasteiger partial charge is 0.205 e. The van der Waals surface area contributed by atoms with Gasteiger partial charge in [0, 0.05) is 13.2 Å². The maximum absolute atomic E-state index is 4.17. The first-order valence-electron chi connectivity index (χ1n) is 3.96. The van der Waals surface area contributed by atoms with E-state index in [2.05, 4.69) is 43.2 Å². The van der Waals surface area contributed by atoms with Gasteiger partial charge in [-0.3, -0.25) is 4.68 Å². The fourth-order valence-electron chi connectivity index (χ4n) is 0.982. The minimum atomic E-state index is 0.683. The lowest BCUT2D eigenvalue weighted by Gasteiger charge is -1.94. The summed E-state index contributed by atoms with van der Waals surface area (Å²) in [6.07, 6.45) is 3.79. The first kappa shape index (κ1) is 9.84. The molecule has 74 valence electrons. The Bertz CT molecular complexity index is 423. The lowest BCUT2D eigenvalue weighted by Crippen LogP contribution is -1.99. The second-order valence-corrected chi connectivity index (χ2v) is 4.91. The van der Waals surface area contributed by atoms with Crippen LogP contribution in [0.5, 0.6) is 0 Å². The third-order valence-corrected chi connectivity index (χ3v) is 3.06. The van der Waals surface area contributed by atoms with E-state index in [1.165, 1.54) is 0 Å². The Kier molecular flexibility index (Phi) is 2.96. The van der Waals surface area contributed by atoms with Crippen LogP contribution >= 0.6 is 33.9 Å². The Labute approximate surface area is 98.7 Å². The molecule has 0 atom stereocenters. The quantitative estimate of drug-likeness (QED) is 0.869. The zero-order valence-electron chi connectivity index (χ0n) is 7.44. The first-order valence-corrected chi connectivity index (χ1v) is 5.85. The summed E-state index contributed by atoms with van der Waals surface area (Å²) in [6, 6.07) is 0. The van der Waals surface area contributed by atoms with E-state index in [-0.39, 0.29) is 0 Å². The molecule has 0 aliphatic carbocycles. The first-order chi connectivity index (χ1) is 6.78. The molecule has 0 unspecified atom stereocenters. The van der Waals surface area contributed by atoms with Crippen LogP contribution in [0.1, 0.15) is 5.01 Å². The molecule has 5 nitrogen and oxygen atoms in total. The van der Waals surface area contributed by atoms with Crippen LogP contribution < -0.4 is 5.32 Å². The molecule has 0 aliphatic rings.